The molecule has 0 fully saturated rings. The number of thiophene rings is 1. The molecule has 0 aliphatic carbocycles. The quantitative estimate of drug-likeness (QED) is 0.805. The Kier molecular flexibility index (Phi) is 3.52. The van der Waals surface area contributed by atoms with Crippen molar-refractivity contribution in [3.63, 3.8) is 0 Å². The Morgan fingerprint density at radius 2 is 1.95 bits per heavy atom. The molecule has 2 aromatic rings. The van der Waals surface area contributed by atoms with Gasteiger partial charge in [0.2, 0.25) is 0 Å². The highest BCUT2D eigenvalue weighted by molar-refractivity contribution is 7.12. The van der Waals surface area contributed by atoms with E-state index in [-0.39, 0.29) is 21.9 Å². The average Bonchev–Trinajstić information content (AvgIpc) is 2.71. The predicted octanol–water partition coefficient (Wildman–Crippen LogP) is 2.71. The van der Waals surface area contributed by atoms with Crippen LogP contribution in [-0.4, -0.2) is 22.1 Å². The molecule has 2 rings (SSSR count). The van der Waals surface area contributed by atoms with E-state index in [9.17, 15) is 14.7 Å². The molecule has 0 unspecified atom stereocenters. The van der Waals surface area contributed by atoms with Crippen LogP contribution in [0.2, 0.25) is 0 Å². The number of phenols is 1. The zero-order chi connectivity index (χ0) is 14.0. The van der Waals surface area contributed by atoms with Crippen LogP contribution in [0.25, 0.3) is 0 Å². The molecule has 0 radical (unpaired) electrons. The van der Waals surface area contributed by atoms with Gasteiger partial charge < -0.3 is 15.5 Å². The first-order valence-corrected chi connectivity index (χ1v) is 6.29. The van der Waals surface area contributed by atoms with Crippen molar-refractivity contribution in [1.29, 1.82) is 0 Å². The van der Waals surface area contributed by atoms with Gasteiger partial charge in [-0.15, -0.1) is 11.3 Å². The Balaban J connectivity index is 2.32. The maximum Gasteiger partial charge on any atom is 0.348 e. The van der Waals surface area contributed by atoms with Crippen LogP contribution in [0.3, 0.4) is 0 Å². The lowest BCUT2D eigenvalue weighted by molar-refractivity contribution is 0.0703. The number of hydrogen-bond acceptors (Lipinski definition) is 4. The van der Waals surface area contributed by atoms with Gasteiger partial charge in [0.25, 0.3) is 5.91 Å². The fourth-order valence-electron chi connectivity index (χ4n) is 1.60. The normalized spacial score (nSPS) is 10.2. The summed E-state index contributed by atoms with van der Waals surface area (Å²) in [5.41, 5.74) is 1.04. The fourth-order valence-corrected chi connectivity index (χ4v) is 2.45. The number of benzene rings is 1. The largest absolute Gasteiger partial charge is 0.507 e. The van der Waals surface area contributed by atoms with Gasteiger partial charge in [0.05, 0.1) is 11.3 Å². The third-order valence-electron chi connectivity index (χ3n) is 2.56. The number of hydrogen-bond donors (Lipinski definition) is 3. The van der Waals surface area contributed by atoms with Gasteiger partial charge in [-0.1, -0.05) is 12.1 Å². The summed E-state index contributed by atoms with van der Waals surface area (Å²) in [4.78, 5) is 23.1. The van der Waals surface area contributed by atoms with Crippen LogP contribution < -0.4 is 5.32 Å². The molecule has 19 heavy (non-hydrogen) atoms. The molecule has 1 aromatic carbocycles. The van der Waals surface area contributed by atoms with Gasteiger partial charge in [-0.25, -0.2) is 4.79 Å². The third-order valence-corrected chi connectivity index (χ3v) is 3.64. The van der Waals surface area contributed by atoms with Gasteiger partial charge in [0, 0.05) is 0 Å². The van der Waals surface area contributed by atoms with Crippen LogP contribution in [0.4, 0.5) is 5.69 Å². The predicted molar refractivity (Wildman–Crippen MR) is 72.1 cm³/mol. The first-order valence-electron chi connectivity index (χ1n) is 5.41. The number of carbonyl (C=O) groups excluding carboxylic acids is 1. The van der Waals surface area contributed by atoms with E-state index >= 15 is 0 Å². The second-order valence-corrected chi connectivity index (χ2v) is 4.78. The molecule has 98 valence electrons. The smallest absolute Gasteiger partial charge is 0.348 e. The molecular weight excluding hydrogens is 266 g/mol. The van der Waals surface area contributed by atoms with Crippen LogP contribution in [-0.2, 0) is 0 Å². The van der Waals surface area contributed by atoms with Gasteiger partial charge in [-0.2, -0.15) is 0 Å². The number of rotatable bonds is 3. The topological polar surface area (TPSA) is 86.6 Å². The summed E-state index contributed by atoms with van der Waals surface area (Å²) in [5, 5.41) is 22.8. The number of carboxylic acid groups (broad SMARTS) is 1. The summed E-state index contributed by atoms with van der Waals surface area (Å²) < 4.78 is 0. The van der Waals surface area contributed by atoms with Crippen molar-refractivity contribution in [2.24, 2.45) is 0 Å². The van der Waals surface area contributed by atoms with E-state index in [0.29, 0.717) is 5.56 Å². The van der Waals surface area contributed by atoms with Crippen LogP contribution in [0.1, 0.15) is 25.6 Å². The number of anilines is 1. The van der Waals surface area contributed by atoms with Crippen molar-refractivity contribution in [2.75, 3.05) is 5.32 Å². The molecule has 0 atom stereocenters. The van der Waals surface area contributed by atoms with Crippen molar-refractivity contribution in [2.45, 2.75) is 6.92 Å². The van der Waals surface area contributed by atoms with Crippen molar-refractivity contribution in [3.8, 4) is 5.75 Å². The lowest BCUT2D eigenvalue weighted by atomic mass is 10.1. The molecule has 6 heteroatoms. The van der Waals surface area contributed by atoms with Gasteiger partial charge in [-0.05, 0) is 30.0 Å². The Morgan fingerprint density at radius 3 is 2.58 bits per heavy atom. The lowest BCUT2D eigenvalue weighted by Crippen LogP contribution is -2.14. The van der Waals surface area contributed by atoms with Crippen molar-refractivity contribution in [3.05, 3.63) is 45.6 Å². The minimum Gasteiger partial charge on any atom is -0.507 e. The average molecular weight is 277 g/mol. The molecule has 3 N–H and O–H groups in total. The number of phenolic OH excluding ortho intramolecular Hbond substituents is 1. The maximum absolute atomic E-state index is 12.0. The van der Waals surface area contributed by atoms with E-state index < -0.39 is 11.9 Å². The Morgan fingerprint density at radius 1 is 1.26 bits per heavy atom. The van der Waals surface area contributed by atoms with Gasteiger partial charge in [-0.3, -0.25) is 4.79 Å². The van der Waals surface area contributed by atoms with E-state index in [2.05, 4.69) is 5.32 Å². The van der Waals surface area contributed by atoms with Gasteiger partial charge in [0.1, 0.15) is 10.6 Å². The number of amides is 1. The van der Waals surface area contributed by atoms with E-state index in [1.165, 1.54) is 12.1 Å². The van der Waals surface area contributed by atoms with Crippen molar-refractivity contribution >= 4 is 28.9 Å². The third kappa shape index (κ3) is 2.58. The summed E-state index contributed by atoms with van der Waals surface area (Å²) >= 11 is 1.05. The monoisotopic (exact) mass is 277 g/mol. The van der Waals surface area contributed by atoms with Gasteiger partial charge >= 0.3 is 5.97 Å². The SMILES string of the molecule is Cc1csc(C(=O)O)c1NC(=O)c1ccccc1O. The lowest BCUT2D eigenvalue weighted by Gasteiger charge is -2.07. The molecule has 0 saturated heterocycles. The first-order chi connectivity index (χ1) is 9.00. The number of nitrogens with one attached hydrogen (secondary N) is 1. The molecule has 1 amide bonds. The van der Waals surface area contributed by atoms with E-state index in [0.717, 1.165) is 11.3 Å². The number of carbonyl (C=O) groups is 2. The number of aromatic hydroxyl groups is 1. The standard InChI is InChI=1S/C13H11NO4S/c1-7-6-19-11(13(17)18)10(7)14-12(16)8-4-2-3-5-9(8)15/h2-6,15H,1H3,(H,14,16)(H,17,18). The van der Waals surface area contributed by atoms with Crippen LogP contribution in [0.5, 0.6) is 5.75 Å². The number of aryl methyl sites for hydroxylation is 1. The summed E-state index contributed by atoms with van der Waals surface area (Å²) in [6.45, 7) is 1.71. The van der Waals surface area contributed by atoms with Gasteiger partial charge in [0.15, 0.2) is 0 Å². The molecule has 1 heterocycles. The minimum atomic E-state index is -1.09. The highest BCUT2D eigenvalue weighted by atomic mass is 32.1. The number of para-hydroxylation sites is 1. The highest BCUT2D eigenvalue weighted by Crippen LogP contribution is 2.28. The zero-order valence-corrected chi connectivity index (χ0v) is 10.8. The Hall–Kier alpha value is -2.34. The Bertz CT molecular complexity index is 648. The first kappa shape index (κ1) is 13.1. The fraction of sp³-hybridized carbons (Fsp3) is 0.0769. The summed E-state index contributed by atoms with van der Waals surface area (Å²) in [6, 6.07) is 6.08. The van der Waals surface area contributed by atoms with Crippen molar-refractivity contribution in [1.82, 2.24) is 0 Å². The minimum absolute atomic E-state index is 0.0706. The molecule has 0 aliphatic rings. The molecule has 0 aliphatic heterocycles. The van der Waals surface area contributed by atoms with Crippen molar-refractivity contribution < 1.29 is 19.8 Å². The molecule has 0 bridgehead atoms. The number of aromatic carboxylic acids is 1. The molecule has 0 saturated carbocycles. The molecule has 1 aromatic heterocycles. The molecule has 5 nitrogen and oxygen atoms in total. The molecular formula is C13H11NO4S. The van der Waals surface area contributed by atoms with E-state index in [1.807, 2.05) is 0 Å². The second kappa shape index (κ2) is 5.11. The van der Waals surface area contributed by atoms with Crippen LogP contribution in [0.15, 0.2) is 29.6 Å². The number of carboxylic acids is 1. The van der Waals surface area contributed by atoms with Crippen LogP contribution >= 0.6 is 11.3 Å². The highest BCUT2D eigenvalue weighted by Gasteiger charge is 2.19. The Labute approximate surface area is 113 Å². The van der Waals surface area contributed by atoms with Crippen LogP contribution in [0, 0.1) is 6.92 Å². The summed E-state index contributed by atoms with van der Waals surface area (Å²) in [7, 11) is 0. The van der Waals surface area contributed by atoms with E-state index in [1.54, 1.807) is 24.4 Å². The summed E-state index contributed by atoms with van der Waals surface area (Å²) in [6.07, 6.45) is 0. The maximum atomic E-state index is 12.0. The summed E-state index contributed by atoms with van der Waals surface area (Å²) in [5.74, 6) is -1.78. The zero-order valence-electron chi connectivity index (χ0n) is 10.0. The molecule has 0 spiro atoms. The van der Waals surface area contributed by atoms with E-state index in [4.69, 9.17) is 5.11 Å². The second-order valence-electron chi connectivity index (χ2n) is 3.90.